The van der Waals surface area contributed by atoms with Gasteiger partial charge in [-0.1, -0.05) is 18.2 Å². The van der Waals surface area contributed by atoms with Crippen molar-refractivity contribution < 1.29 is 9.18 Å². The van der Waals surface area contributed by atoms with Crippen LogP contribution in [0.5, 0.6) is 0 Å². The summed E-state index contributed by atoms with van der Waals surface area (Å²) in [5.41, 5.74) is 0.305. The number of rotatable bonds is 5. The van der Waals surface area contributed by atoms with Gasteiger partial charge in [0.2, 0.25) is 5.91 Å². The SMILES string of the molecule is O=C(Cn1cc(Br)ccc1=O)NCCc1ccccc1F. The van der Waals surface area contributed by atoms with Crippen LogP contribution in [0.25, 0.3) is 0 Å². The number of carbonyl (C=O) groups excluding carboxylic acids is 1. The molecule has 1 aromatic carbocycles. The molecule has 0 saturated heterocycles. The lowest BCUT2D eigenvalue weighted by Crippen LogP contribution is -2.33. The van der Waals surface area contributed by atoms with Crippen molar-refractivity contribution in [3.8, 4) is 0 Å². The van der Waals surface area contributed by atoms with E-state index < -0.39 is 0 Å². The van der Waals surface area contributed by atoms with Crippen molar-refractivity contribution >= 4 is 21.8 Å². The summed E-state index contributed by atoms with van der Waals surface area (Å²) in [6.45, 7) is 0.262. The van der Waals surface area contributed by atoms with Gasteiger partial charge < -0.3 is 9.88 Å². The van der Waals surface area contributed by atoms with Gasteiger partial charge in [0.15, 0.2) is 0 Å². The summed E-state index contributed by atoms with van der Waals surface area (Å²) in [4.78, 5) is 23.3. The molecule has 1 heterocycles. The molecule has 0 aliphatic carbocycles. The summed E-state index contributed by atoms with van der Waals surface area (Å²) in [5.74, 6) is -0.568. The Morgan fingerprint density at radius 1 is 1.24 bits per heavy atom. The van der Waals surface area contributed by atoms with Gasteiger partial charge in [0, 0.05) is 23.3 Å². The fourth-order valence-corrected chi connectivity index (χ4v) is 2.25. The van der Waals surface area contributed by atoms with Gasteiger partial charge in [-0.05, 0) is 40.0 Å². The lowest BCUT2D eigenvalue weighted by Gasteiger charge is -2.08. The maximum Gasteiger partial charge on any atom is 0.251 e. The van der Waals surface area contributed by atoms with Gasteiger partial charge in [-0.15, -0.1) is 0 Å². The van der Waals surface area contributed by atoms with Crippen LogP contribution < -0.4 is 10.9 Å². The van der Waals surface area contributed by atoms with E-state index in [4.69, 9.17) is 0 Å². The molecule has 21 heavy (non-hydrogen) atoms. The fourth-order valence-electron chi connectivity index (χ4n) is 1.87. The minimum absolute atomic E-state index is 0.0600. The van der Waals surface area contributed by atoms with E-state index in [1.807, 2.05) is 0 Å². The molecule has 0 unspecified atom stereocenters. The Balaban J connectivity index is 1.87. The number of halogens is 2. The summed E-state index contributed by atoms with van der Waals surface area (Å²) >= 11 is 3.24. The van der Waals surface area contributed by atoms with Gasteiger partial charge >= 0.3 is 0 Å². The van der Waals surface area contributed by atoms with Gasteiger partial charge in [-0.3, -0.25) is 9.59 Å². The van der Waals surface area contributed by atoms with E-state index >= 15 is 0 Å². The Labute approximate surface area is 129 Å². The summed E-state index contributed by atoms with van der Waals surface area (Å²) < 4.78 is 15.4. The molecular weight excluding hydrogens is 339 g/mol. The minimum atomic E-state index is -0.286. The maximum atomic E-state index is 13.4. The van der Waals surface area contributed by atoms with Gasteiger partial charge in [0.25, 0.3) is 5.56 Å². The highest BCUT2D eigenvalue weighted by Gasteiger charge is 2.05. The highest BCUT2D eigenvalue weighted by atomic mass is 79.9. The Morgan fingerprint density at radius 2 is 2.00 bits per heavy atom. The van der Waals surface area contributed by atoms with Crippen LogP contribution >= 0.6 is 15.9 Å². The largest absolute Gasteiger partial charge is 0.354 e. The molecule has 1 N–H and O–H groups in total. The Kier molecular flexibility index (Phi) is 5.27. The summed E-state index contributed by atoms with van der Waals surface area (Å²) in [5, 5.41) is 2.67. The minimum Gasteiger partial charge on any atom is -0.354 e. The van der Waals surface area contributed by atoms with E-state index in [0.717, 1.165) is 4.47 Å². The van der Waals surface area contributed by atoms with E-state index in [1.54, 1.807) is 30.5 Å². The number of pyridine rings is 1. The number of hydrogen-bond donors (Lipinski definition) is 1. The van der Waals surface area contributed by atoms with Crippen molar-refractivity contribution in [3.63, 3.8) is 0 Å². The molecule has 1 aromatic heterocycles. The molecule has 0 atom stereocenters. The quantitative estimate of drug-likeness (QED) is 0.895. The second kappa shape index (κ2) is 7.17. The van der Waals surface area contributed by atoms with Crippen molar-refractivity contribution in [3.05, 3.63) is 68.8 Å². The van der Waals surface area contributed by atoms with Crippen LogP contribution in [-0.2, 0) is 17.8 Å². The molecule has 110 valence electrons. The number of nitrogens with one attached hydrogen (secondary N) is 1. The van der Waals surface area contributed by atoms with Gasteiger partial charge in [0.05, 0.1) is 0 Å². The maximum absolute atomic E-state index is 13.4. The molecule has 6 heteroatoms. The zero-order valence-electron chi connectivity index (χ0n) is 11.2. The molecule has 1 amide bonds. The van der Waals surface area contributed by atoms with E-state index in [9.17, 15) is 14.0 Å². The predicted molar refractivity (Wildman–Crippen MR) is 81.5 cm³/mol. The molecular formula is C15H14BrFN2O2. The zero-order chi connectivity index (χ0) is 15.2. The number of nitrogens with zero attached hydrogens (tertiary/aromatic N) is 1. The first-order valence-corrected chi connectivity index (χ1v) is 7.21. The summed E-state index contributed by atoms with van der Waals surface area (Å²) in [7, 11) is 0. The summed E-state index contributed by atoms with van der Waals surface area (Å²) in [6, 6.07) is 9.45. The molecule has 0 spiro atoms. The van der Waals surface area contributed by atoms with E-state index in [2.05, 4.69) is 21.2 Å². The third kappa shape index (κ3) is 4.53. The van der Waals surface area contributed by atoms with Crippen molar-refractivity contribution in [2.45, 2.75) is 13.0 Å². The first kappa shape index (κ1) is 15.4. The van der Waals surface area contributed by atoms with E-state index in [1.165, 1.54) is 16.7 Å². The molecule has 0 saturated carbocycles. The van der Waals surface area contributed by atoms with Crippen molar-refractivity contribution in [2.75, 3.05) is 6.54 Å². The number of carbonyl (C=O) groups is 1. The second-order valence-corrected chi connectivity index (χ2v) is 5.42. The average Bonchev–Trinajstić information content (AvgIpc) is 2.45. The number of amides is 1. The van der Waals surface area contributed by atoms with Crippen LogP contribution in [0, 0.1) is 5.82 Å². The van der Waals surface area contributed by atoms with E-state index in [-0.39, 0.29) is 23.8 Å². The predicted octanol–water partition coefficient (Wildman–Crippen LogP) is 2.11. The molecule has 0 fully saturated rings. The molecule has 2 rings (SSSR count). The van der Waals surface area contributed by atoms with E-state index in [0.29, 0.717) is 18.5 Å². The van der Waals surface area contributed by atoms with Gasteiger partial charge in [-0.2, -0.15) is 0 Å². The summed E-state index contributed by atoms with van der Waals surface area (Å²) in [6.07, 6.45) is 1.96. The van der Waals surface area contributed by atoms with Gasteiger partial charge in [0.1, 0.15) is 12.4 Å². The van der Waals surface area contributed by atoms with Crippen molar-refractivity contribution in [2.24, 2.45) is 0 Å². The third-order valence-electron chi connectivity index (χ3n) is 2.94. The van der Waals surface area contributed by atoms with Gasteiger partial charge in [-0.25, -0.2) is 4.39 Å². The normalized spacial score (nSPS) is 10.4. The Hall–Kier alpha value is -1.95. The molecule has 0 aliphatic heterocycles. The molecule has 0 bridgehead atoms. The highest BCUT2D eigenvalue weighted by Crippen LogP contribution is 2.06. The van der Waals surface area contributed by atoms with Crippen LogP contribution in [0.3, 0.4) is 0 Å². The van der Waals surface area contributed by atoms with Crippen LogP contribution in [-0.4, -0.2) is 17.0 Å². The molecule has 2 aromatic rings. The Morgan fingerprint density at radius 3 is 2.76 bits per heavy atom. The van der Waals surface area contributed by atoms with Crippen LogP contribution in [0.15, 0.2) is 51.9 Å². The fraction of sp³-hybridized carbons (Fsp3) is 0.200. The topological polar surface area (TPSA) is 51.1 Å². The third-order valence-corrected chi connectivity index (χ3v) is 3.40. The number of benzene rings is 1. The molecule has 0 aliphatic rings. The number of aromatic nitrogens is 1. The Bertz CT molecular complexity index is 700. The first-order valence-electron chi connectivity index (χ1n) is 6.42. The van der Waals surface area contributed by atoms with Crippen molar-refractivity contribution in [1.82, 2.24) is 9.88 Å². The second-order valence-electron chi connectivity index (χ2n) is 4.50. The lowest BCUT2D eigenvalue weighted by molar-refractivity contribution is -0.121. The standard InChI is InChI=1S/C15H14BrFN2O2/c16-12-5-6-15(21)19(9-12)10-14(20)18-8-7-11-3-1-2-4-13(11)17/h1-6,9H,7-8,10H2,(H,18,20). The highest BCUT2D eigenvalue weighted by molar-refractivity contribution is 9.10. The molecule has 0 radical (unpaired) electrons. The van der Waals surface area contributed by atoms with Crippen molar-refractivity contribution in [1.29, 1.82) is 0 Å². The smallest absolute Gasteiger partial charge is 0.251 e. The lowest BCUT2D eigenvalue weighted by atomic mass is 10.1. The zero-order valence-corrected chi connectivity index (χ0v) is 12.8. The van der Waals surface area contributed by atoms with Crippen LogP contribution in [0.2, 0.25) is 0 Å². The monoisotopic (exact) mass is 352 g/mol. The number of hydrogen-bond acceptors (Lipinski definition) is 2. The van der Waals surface area contributed by atoms with Crippen LogP contribution in [0.4, 0.5) is 4.39 Å². The molecule has 4 nitrogen and oxygen atoms in total. The van der Waals surface area contributed by atoms with Crippen LogP contribution in [0.1, 0.15) is 5.56 Å². The first-order chi connectivity index (χ1) is 10.1. The average molecular weight is 353 g/mol.